The third-order valence-corrected chi connectivity index (χ3v) is 5.28. The van der Waals surface area contributed by atoms with Gasteiger partial charge >= 0.3 is 0 Å². The van der Waals surface area contributed by atoms with Gasteiger partial charge in [0.15, 0.2) is 0 Å². The van der Waals surface area contributed by atoms with Crippen molar-refractivity contribution < 1.29 is 0 Å². The lowest BCUT2D eigenvalue weighted by molar-refractivity contribution is 0.312. The van der Waals surface area contributed by atoms with Gasteiger partial charge in [-0.25, -0.2) is 0 Å². The van der Waals surface area contributed by atoms with Gasteiger partial charge in [-0.1, -0.05) is 12.8 Å². The molecule has 0 aromatic rings. The van der Waals surface area contributed by atoms with Gasteiger partial charge in [0.05, 0.1) is 12.0 Å². The molecule has 2 rings (SSSR count). The van der Waals surface area contributed by atoms with Gasteiger partial charge in [0, 0.05) is 17.3 Å². The molecule has 0 saturated heterocycles. The summed E-state index contributed by atoms with van der Waals surface area (Å²) in [6, 6.07) is 2.93. The number of nitriles is 1. The Hall–Kier alpha value is -0.200. The summed E-state index contributed by atoms with van der Waals surface area (Å²) >= 11 is 1.99. The first kappa shape index (κ1) is 11.3. The van der Waals surface area contributed by atoms with Crippen LogP contribution >= 0.6 is 11.8 Å². The minimum absolute atomic E-state index is 0.261. The van der Waals surface area contributed by atoms with Gasteiger partial charge < -0.3 is 5.32 Å². The summed E-state index contributed by atoms with van der Waals surface area (Å²) in [4.78, 5) is 0. The highest BCUT2D eigenvalue weighted by Gasteiger charge is 2.42. The molecule has 2 aliphatic rings. The molecule has 84 valence electrons. The van der Waals surface area contributed by atoms with Crippen molar-refractivity contribution in [1.82, 2.24) is 5.32 Å². The number of nitrogens with one attached hydrogen (secondary N) is 1. The zero-order valence-electron chi connectivity index (χ0n) is 9.46. The summed E-state index contributed by atoms with van der Waals surface area (Å²) < 4.78 is 0.525. The second-order valence-electron chi connectivity index (χ2n) is 4.89. The van der Waals surface area contributed by atoms with Gasteiger partial charge in [-0.15, -0.1) is 0 Å². The first-order valence-corrected chi connectivity index (χ1v) is 7.20. The topological polar surface area (TPSA) is 35.8 Å². The highest BCUT2D eigenvalue weighted by atomic mass is 32.2. The zero-order valence-corrected chi connectivity index (χ0v) is 10.3. The molecule has 2 aliphatic carbocycles. The molecule has 2 nitrogen and oxygen atoms in total. The molecule has 2 saturated carbocycles. The molecule has 0 amide bonds. The third kappa shape index (κ3) is 2.68. The summed E-state index contributed by atoms with van der Waals surface area (Å²) in [5.74, 6) is 0.261. The van der Waals surface area contributed by atoms with E-state index in [1.807, 2.05) is 11.8 Å². The minimum Gasteiger partial charge on any atom is -0.311 e. The second-order valence-corrected chi connectivity index (χ2v) is 6.17. The Balaban J connectivity index is 1.80. The summed E-state index contributed by atoms with van der Waals surface area (Å²) in [7, 11) is 0. The average molecular weight is 224 g/mol. The van der Waals surface area contributed by atoms with Crippen molar-refractivity contribution in [3.8, 4) is 6.07 Å². The first-order chi connectivity index (χ1) is 7.29. The second kappa shape index (κ2) is 4.76. The SMILES string of the molecule is CSC1(CNC2CCCCC2C#N)CC1. The van der Waals surface area contributed by atoms with Crippen molar-refractivity contribution in [3.05, 3.63) is 0 Å². The quantitative estimate of drug-likeness (QED) is 0.797. The fourth-order valence-electron chi connectivity index (χ4n) is 2.44. The van der Waals surface area contributed by atoms with E-state index >= 15 is 0 Å². The van der Waals surface area contributed by atoms with E-state index in [9.17, 15) is 0 Å². The Kier molecular flexibility index (Phi) is 3.58. The molecule has 0 aliphatic heterocycles. The van der Waals surface area contributed by atoms with Crippen molar-refractivity contribution in [1.29, 1.82) is 5.26 Å². The zero-order chi connectivity index (χ0) is 10.7. The lowest BCUT2D eigenvalue weighted by Gasteiger charge is -2.29. The summed E-state index contributed by atoms with van der Waals surface area (Å²) in [5.41, 5.74) is 0. The number of hydrogen-bond donors (Lipinski definition) is 1. The third-order valence-electron chi connectivity index (χ3n) is 3.86. The molecule has 1 N–H and O–H groups in total. The predicted molar refractivity (Wildman–Crippen MR) is 64.8 cm³/mol. The van der Waals surface area contributed by atoms with Gasteiger partial charge in [-0.3, -0.25) is 0 Å². The van der Waals surface area contributed by atoms with E-state index in [4.69, 9.17) is 5.26 Å². The van der Waals surface area contributed by atoms with E-state index in [-0.39, 0.29) is 5.92 Å². The summed E-state index contributed by atoms with van der Waals surface area (Å²) in [5, 5.41) is 12.7. The van der Waals surface area contributed by atoms with Crippen LogP contribution in [0, 0.1) is 17.2 Å². The van der Waals surface area contributed by atoms with Crippen LogP contribution in [-0.4, -0.2) is 23.6 Å². The first-order valence-electron chi connectivity index (χ1n) is 5.98. The monoisotopic (exact) mass is 224 g/mol. The van der Waals surface area contributed by atoms with Crippen LogP contribution in [-0.2, 0) is 0 Å². The molecule has 3 heteroatoms. The van der Waals surface area contributed by atoms with Crippen LogP contribution in [0.3, 0.4) is 0 Å². The fourth-order valence-corrected chi connectivity index (χ4v) is 3.18. The Labute approximate surface area is 96.8 Å². The van der Waals surface area contributed by atoms with E-state index in [1.54, 1.807) is 0 Å². The molecule has 0 aromatic heterocycles. The lowest BCUT2D eigenvalue weighted by atomic mass is 9.85. The van der Waals surface area contributed by atoms with Gasteiger partial charge in [-0.2, -0.15) is 17.0 Å². The molecule has 2 fully saturated rings. The maximum atomic E-state index is 9.07. The number of rotatable bonds is 4. The highest BCUT2D eigenvalue weighted by molar-refractivity contribution is 8.00. The minimum atomic E-state index is 0.261. The van der Waals surface area contributed by atoms with Crippen LogP contribution in [0.5, 0.6) is 0 Å². The molecule has 0 spiro atoms. The molecule has 2 unspecified atom stereocenters. The Morgan fingerprint density at radius 1 is 1.40 bits per heavy atom. The van der Waals surface area contributed by atoms with E-state index in [0.717, 1.165) is 13.0 Å². The maximum absolute atomic E-state index is 9.07. The van der Waals surface area contributed by atoms with Crippen LogP contribution in [0.4, 0.5) is 0 Å². The largest absolute Gasteiger partial charge is 0.311 e. The molecule has 0 aromatic carbocycles. The molecule has 2 atom stereocenters. The van der Waals surface area contributed by atoms with Crippen molar-refractivity contribution in [2.24, 2.45) is 5.92 Å². The number of hydrogen-bond acceptors (Lipinski definition) is 3. The van der Waals surface area contributed by atoms with Crippen molar-refractivity contribution in [3.63, 3.8) is 0 Å². The smallest absolute Gasteiger partial charge is 0.0672 e. The fraction of sp³-hybridized carbons (Fsp3) is 0.917. The van der Waals surface area contributed by atoms with E-state index in [0.29, 0.717) is 10.8 Å². The molecule has 0 bridgehead atoms. The lowest BCUT2D eigenvalue weighted by Crippen LogP contribution is -2.41. The van der Waals surface area contributed by atoms with Crippen molar-refractivity contribution in [2.75, 3.05) is 12.8 Å². The predicted octanol–water partition coefficient (Wildman–Crippen LogP) is 2.55. The van der Waals surface area contributed by atoms with Gasteiger partial charge in [0.1, 0.15) is 0 Å². The van der Waals surface area contributed by atoms with Gasteiger partial charge in [0.2, 0.25) is 0 Å². The molecular weight excluding hydrogens is 204 g/mol. The van der Waals surface area contributed by atoms with Crippen molar-refractivity contribution >= 4 is 11.8 Å². The summed E-state index contributed by atoms with van der Waals surface area (Å²) in [6.45, 7) is 1.11. The Bertz CT molecular complexity index is 255. The number of nitrogens with zero attached hydrogens (tertiary/aromatic N) is 1. The molecule has 0 radical (unpaired) electrons. The van der Waals surface area contributed by atoms with Crippen LogP contribution in [0.15, 0.2) is 0 Å². The Morgan fingerprint density at radius 2 is 2.13 bits per heavy atom. The van der Waals surface area contributed by atoms with Gasteiger partial charge in [0.25, 0.3) is 0 Å². The summed E-state index contributed by atoms with van der Waals surface area (Å²) in [6.07, 6.45) is 9.74. The number of thioether (sulfide) groups is 1. The van der Waals surface area contributed by atoms with Crippen LogP contribution in [0.2, 0.25) is 0 Å². The standard InChI is InChI=1S/C12H20N2S/c1-15-12(6-7-12)9-14-11-5-3-2-4-10(11)8-13/h10-11,14H,2-7,9H2,1H3. The molecule has 0 heterocycles. The van der Waals surface area contributed by atoms with E-state index in [2.05, 4.69) is 17.6 Å². The van der Waals surface area contributed by atoms with Crippen LogP contribution in [0.25, 0.3) is 0 Å². The Morgan fingerprint density at radius 3 is 2.73 bits per heavy atom. The van der Waals surface area contributed by atoms with Crippen molar-refractivity contribution in [2.45, 2.75) is 49.3 Å². The van der Waals surface area contributed by atoms with E-state index in [1.165, 1.54) is 32.1 Å². The van der Waals surface area contributed by atoms with Gasteiger partial charge in [-0.05, 0) is 31.9 Å². The highest BCUT2D eigenvalue weighted by Crippen LogP contribution is 2.46. The maximum Gasteiger partial charge on any atom is 0.0672 e. The van der Waals surface area contributed by atoms with Crippen LogP contribution in [0.1, 0.15) is 38.5 Å². The molecule has 15 heavy (non-hydrogen) atoms. The van der Waals surface area contributed by atoms with Crippen LogP contribution < -0.4 is 5.32 Å². The normalized spacial score (nSPS) is 33.3. The molecular formula is C12H20N2S. The van der Waals surface area contributed by atoms with E-state index < -0.39 is 0 Å². The average Bonchev–Trinajstić information content (AvgIpc) is 3.07.